The molecule has 0 amide bonds. The highest BCUT2D eigenvalue weighted by atomic mass is 15.4. The van der Waals surface area contributed by atoms with Gasteiger partial charge in [-0.25, -0.2) is 0 Å². The first-order valence-corrected chi connectivity index (χ1v) is 6.14. The third-order valence-corrected chi connectivity index (χ3v) is 4.64. The van der Waals surface area contributed by atoms with Gasteiger partial charge < -0.3 is 0 Å². The molecule has 2 atom stereocenters. The summed E-state index contributed by atoms with van der Waals surface area (Å²) in [6.45, 7) is 2.32. The van der Waals surface area contributed by atoms with E-state index in [0.29, 0.717) is 0 Å². The lowest BCUT2D eigenvalue weighted by Gasteiger charge is -2.73. The molecule has 0 N–H and O–H groups in total. The quantitative estimate of drug-likeness (QED) is 0.644. The third kappa shape index (κ3) is 0.971. The van der Waals surface area contributed by atoms with E-state index >= 15 is 0 Å². The lowest BCUT2D eigenvalue weighted by Crippen LogP contribution is -2.79. The van der Waals surface area contributed by atoms with Crippen LogP contribution in [0.15, 0.2) is 0 Å². The zero-order valence-corrected chi connectivity index (χ0v) is 8.76. The molecule has 3 heterocycles. The van der Waals surface area contributed by atoms with Gasteiger partial charge in [-0.3, -0.25) is 4.90 Å². The number of hydrogen-bond donors (Lipinski definition) is 0. The molecule has 0 saturated carbocycles. The molecule has 1 heteroatoms. The molecule has 3 aliphatic heterocycles. The topological polar surface area (TPSA) is 3.24 Å². The number of hydrogen-bond acceptors (Lipinski definition) is 1. The van der Waals surface area contributed by atoms with Crippen molar-refractivity contribution in [3.05, 3.63) is 0 Å². The molecule has 13 heavy (non-hydrogen) atoms. The van der Waals surface area contributed by atoms with E-state index in [1.807, 2.05) is 0 Å². The lowest BCUT2D eigenvalue weighted by molar-refractivity contribution is -0.222. The summed E-state index contributed by atoms with van der Waals surface area (Å²) in [5.74, 6) is 0. The van der Waals surface area contributed by atoms with Crippen molar-refractivity contribution in [2.45, 2.75) is 75.9 Å². The lowest BCUT2D eigenvalue weighted by atomic mass is 9.58. The maximum atomic E-state index is 2.88. The summed E-state index contributed by atoms with van der Waals surface area (Å²) in [6.07, 6.45) is 11.9. The third-order valence-electron chi connectivity index (χ3n) is 4.64. The van der Waals surface area contributed by atoms with E-state index in [1.54, 1.807) is 12.8 Å². The summed E-state index contributed by atoms with van der Waals surface area (Å²) in [5.41, 5.74) is 0.742. The summed E-state index contributed by atoms with van der Waals surface area (Å²) in [6, 6.07) is 2.04. The Balaban J connectivity index is 1.64. The molecule has 0 aliphatic carbocycles. The summed E-state index contributed by atoms with van der Waals surface area (Å²) in [5, 5.41) is 0. The largest absolute Gasteiger partial charge is 0.292 e. The summed E-state index contributed by atoms with van der Waals surface area (Å²) in [7, 11) is 0. The molecular formula is C12H21N. The Hall–Kier alpha value is -0.0400. The van der Waals surface area contributed by atoms with Crippen molar-refractivity contribution in [2.75, 3.05) is 0 Å². The van der Waals surface area contributed by atoms with Crippen molar-refractivity contribution < 1.29 is 0 Å². The Bertz CT molecular complexity index is 192. The molecule has 3 rings (SSSR count). The van der Waals surface area contributed by atoms with Crippen molar-refractivity contribution in [3.63, 3.8) is 0 Å². The smallest absolute Gasteiger partial charge is 0.0245 e. The minimum atomic E-state index is 0.742. The highest BCUT2D eigenvalue weighted by Gasteiger charge is 2.62. The van der Waals surface area contributed by atoms with Crippen molar-refractivity contribution in [2.24, 2.45) is 0 Å². The minimum absolute atomic E-state index is 0.742. The summed E-state index contributed by atoms with van der Waals surface area (Å²) in [4.78, 5) is 2.88. The van der Waals surface area contributed by atoms with Crippen molar-refractivity contribution in [3.8, 4) is 0 Å². The van der Waals surface area contributed by atoms with Crippen molar-refractivity contribution in [1.29, 1.82) is 0 Å². The predicted molar refractivity (Wildman–Crippen MR) is 54.8 cm³/mol. The standard InChI is InChI=1S/C12H21N/c1-2-3-7-12-8-10-5-4-6-11(9-12)13(10)12/h10-11H,2-9H2,1H3. The van der Waals surface area contributed by atoms with E-state index in [4.69, 9.17) is 0 Å². The maximum absolute atomic E-state index is 2.88. The van der Waals surface area contributed by atoms with Gasteiger partial charge in [0.1, 0.15) is 0 Å². The van der Waals surface area contributed by atoms with Crippen LogP contribution in [-0.2, 0) is 0 Å². The van der Waals surface area contributed by atoms with Gasteiger partial charge in [-0.15, -0.1) is 0 Å². The van der Waals surface area contributed by atoms with Crippen LogP contribution in [0.25, 0.3) is 0 Å². The Morgan fingerprint density at radius 1 is 1.23 bits per heavy atom. The molecule has 0 aromatic rings. The normalized spacial score (nSPS) is 47.8. The SMILES string of the molecule is CCCCC12CC3CCCC(C1)N32. The fourth-order valence-corrected chi connectivity index (χ4v) is 4.13. The second-order valence-electron chi connectivity index (χ2n) is 5.38. The van der Waals surface area contributed by atoms with E-state index in [2.05, 4.69) is 11.8 Å². The molecule has 2 unspecified atom stereocenters. The van der Waals surface area contributed by atoms with E-state index in [1.165, 1.54) is 38.5 Å². The van der Waals surface area contributed by atoms with E-state index in [0.717, 1.165) is 17.6 Å². The Kier molecular flexibility index (Phi) is 1.74. The second-order valence-corrected chi connectivity index (χ2v) is 5.38. The predicted octanol–water partition coefficient (Wildman–Crippen LogP) is 2.95. The van der Waals surface area contributed by atoms with Crippen LogP contribution in [0, 0.1) is 0 Å². The highest BCUT2D eigenvalue weighted by molar-refractivity contribution is 5.18. The first-order chi connectivity index (χ1) is 6.36. The van der Waals surface area contributed by atoms with Gasteiger partial charge in [0, 0.05) is 17.6 Å². The Morgan fingerprint density at radius 3 is 2.54 bits per heavy atom. The van der Waals surface area contributed by atoms with Gasteiger partial charge in [-0.1, -0.05) is 26.2 Å². The fraction of sp³-hybridized carbons (Fsp3) is 1.00. The van der Waals surface area contributed by atoms with E-state index in [-0.39, 0.29) is 0 Å². The van der Waals surface area contributed by atoms with Gasteiger partial charge >= 0.3 is 0 Å². The van der Waals surface area contributed by atoms with Crippen molar-refractivity contribution >= 4 is 0 Å². The molecule has 0 spiro atoms. The average Bonchev–Trinajstić information content (AvgIpc) is 2.06. The van der Waals surface area contributed by atoms with E-state index < -0.39 is 0 Å². The van der Waals surface area contributed by atoms with E-state index in [9.17, 15) is 0 Å². The Labute approximate surface area is 81.5 Å². The van der Waals surface area contributed by atoms with Gasteiger partial charge in [-0.05, 0) is 32.1 Å². The van der Waals surface area contributed by atoms with Crippen LogP contribution in [0.3, 0.4) is 0 Å². The van der Waals surface area contributed by atoms with Crippen LogP contribution < -0.4 is 0 Å². The van der Waals surface area contributed by atoms with Gasteiger partial charge in [0.25, 0.3) is 0 Å². The maximum Gasteiger partial charge on any atom is 0.0245 e. The number of rotatable bonds is 3. The molecule has 0 radical (unpaired) electrons. The van der Waals surface area contributed by atoms with Crippen LogP contribution in [0.4, 0.5) is 0 Å². The minimum Gasteiger partial charge on any atom is -0.292 e. The van der Waals surface area contributed by atoms with Crippen molar-refractivity contribution in [1.82, 2.24) is 4.90 Å². The molecule has 3 aliphatic rings. The summed E-state index contributed by atoms with van der Waals surface area (Å²) >= 11 is 0. The van der Waals surface area contributed by atoms with Crippen LogP contribution in [0.5, 0.6) is 0 Å². The monoisotopic (exact) mass is 179 g/mol. The summed E-state index contributed by atoms with van der Waals surface area (Å²) < 4.78 is 0. The van der Waals surface area contributed by atoms with Gasteiger partial charge in [0.2, 0.25) is 0 Å². The molecule has 74 valence electrons. The molecule has 0 aromatic carbocycles. The number of nitrogens with zero attached hydrogens (tertiary/aromatic N) is 1. The molecular weight excluding hydrogens is 158 g/mol. The van der Waals surface area contributed by atoms with Crippen LogP contribution in [-0.4, -0.2) is 22.5 Å². The second kappa shape index (κ2) is 2.73. The number of piperidine rings is 2. The molecule has 3 fully saturated rings. The highest BCUT2D eigenvalue weighted by Crippen LogP contribution is 2.58. The number of unbranched alkanes of at least 4 members (excludes halogenated alkanes) is 1. The molecule has 0 bridgehead atoms. The first kappa shape index (κ1) is 8.28. The molecule has 0 aromatic heterocycles. The zero-order valence-electron chi connectivity index (χ0n) is 8.76. The van der Waals surface area contributed by atoms with Gasteiger partial charge in [0.15, 0.2) is 0 Å². The van der Waals surface area contributed by atoms with Gasteiger partial charge in [-0.2, -0.15) is 0 Å². The van der Waals surface area contributed by atoms with Crippen LogP contribution in [0.1, 0.15) is 58.3 Å². The molecule has 3 saturated heterocycles. The van der Waals surface area contributed by atoms with Crippen LogP contribution in [0.2, 0.25) is 0 Å². The first-order valence-electron chi connectivity index (χ1n) is 6.14. The fourth-order valence-electron chi connectivity index (χ4n) is 4.13. The zero-order chi connectivity index (χ0) is 8.89. The van der Waals surface area contributed by atoms with Crippen LogP contribution >= 0.6 is 0 Å². The van der Waals surface area contributed by atoms with Gasteiger partial charge in [0.05, 0.1) is 0 Å². The average molecular weight is 179 g/mol. The Morgan fingerprint density at radius 2 is 1.92 bits per heavy atom. The molecule has 1 nitrogen and oxygen atoms in total.